The first-order valence-corrected chi connectivity index (χ1v) is 6.40. The Labute approximate surface area is 115 Å². The molecule has 0 fully saturated rings. The summed E-state index contributed by atoms with van der Waals surface area (Å²) >= 11 is 0. The fourth-order valence-corrected chi connectivity index (χ4v) is 2.07. The van der Waals surface area contributed by atoms with Crippen LogP contribution in [-0.4, -0.2) is 9.97 Å². The van der Waals surface area contributed by atoms with Gasteiger partial charge in [0.1, 0.15) is 5.82 Å². The summed E-state index contributed by atoms with van der Waals surface area (Å²) in [5.74, 6) is 0.513. The van der Waals surface area contributed by atoms with Gasteiger partial charge in [0.15, 0.2) is 0 Å². The van der Waals surface area contributed by atoms with Gasteiger partial charge in [-0.3, -0.25) is 0 Å². The van der Waals surface area contributed by atoms with Crippen LogP contribution in [0, 0.1) is 0 Å². The van der Waals surface area contributed by atoms with Gasteiger partial charge in [-0.25, -0.2) is 4.98 Å². The average Bonchev–Trinajstić information content (AvgIpc) is 2.87. The highest BCUT2D eigenvalue weighted by Crippen LogP contribution is 2.36. The van der Waals surface area contributed by atoms with Crippen LogP contribution in [0.15, 0.2) is 30.5 Å². The third kappa shape index (κ3) is 3.01. The Bertz CT molecular complexity index is 575. The van der Waals surface area contributed by atoms with Gasteiger partial charge in [0.25, 0.3) is 0 Å². The lowest BCUT2D eigenvalue weighted by atomic mass is 10.0. The number of H-pyrrole nitrogens is 1. The highest BCUT2D eigenvalue weighted by Gasteiger charge is 2.33. The van der Waals surface area contributed by atoms with Crippen LogP contribution in [-0.2, 0) is 6.18 Å². The first-order chi connectivity index (χ1) is 9.43. The summed E-state index contributed by atoms with van der Waals surface area (Å²) in [7, 11) is 0. The Balaban J connectivity index is 2.38. The number of alkyl halides is 3. The Morgan fingerprint density at radius 1 is 1.30 bits per heavy atom. The molecule has 3 nitrogen and oxygen atoms in total. The molecule has 0 aliphatic rings. The summed E-state index contributed by atoms with van der Waals surface area (Å²) in [6.45, 7) is 1.99. The van der Waals surface area contributed by atoms with Crippen LogP contribution in [0.2, 0.25) is 0 Å². The molecule has 6 heteroatoms. The smallest absolute Gasteiger partial charge is 0.341 e. The van der Waals surface area contributed by atoms with E-state index in [1.807, 2.05) is 6.92 Å². The number of nitrogens with two attached hydrogens (primary N) is 1. The fraction of sp³-hybridized carbons (Fsp3) is 0.357. The van der Waals surface area contributed by atoms with Gasteiger partial charge in [-0.15, -0.1) is 0 Å². The molecule has 1 aromatic heterocycles. The summed E-state index contributed by atoms with van der Waals surface area (Å²) in [6, 6.07) is 5.13. The van der Waals surface area contributed by atoms with Crippen molar-refractivity contribution < 1.29 is 13.2 Å². The predicted molar refractivity (Wildman–Crippen MR) is 70.9 cm³/mol. The van der Waals surface area contributed by atoms with E-state index in [1.54, 1.807) is 6.07 Å². The van der Waals surface area contributed by atoms with Crippen molar-refractivity contribution in [2.24, 2.45) is 5.73 Å². The normalized spacial score (nSPS) is 13.4. The summed E-state index contributed by atoms with van der Waals surface area (Å²) < 4.78 is 38.9. The number of aromatic nitrogens is 2. The van der Waals surface area contributed by atoms with E-state index in [2.05, 4.69) is 9.97 Å². The number of imidazole rings is 1. The predicted octanol–water partition coefficient (Wildman–Crippen LogP) is 3.90. The maximum Gasteiger partial charge on any atom is 0.417 e. The van der Waals surface area contributed by atoms with E-state index in [1.165, 1.54) is 18.3 Å². The number of benzene rings is 1. The van der Waals surface area contributed by atoms with Crippen LogP contribution in [0.4, 0.5) is 13.2 Å². The Morgan fingerprint density at radius 2 is 2.00 bits per heavy atom. The summed E-state index contributed by atoms with van der Waals surface area (Å²) in [4.78, 5) is 6.98. The van der Waals surface area contributed by atoms with Crippen LogP contribution < -0.4 is 5.73 Å². The Morgan fingerprint density at radius 3 is 2.65 bits per heavy atom. The van der Waals surface area contributed by atoms with Gasteiger partial charge in [-0.05, 0) is 12.5 Å². The molecule has 2 aromatic rings. The van der Waals surface area contributed by atoms with Gasteiger partial charge in [0.05, 0.1) is 23.5 Å². The van der Waals surface area contributed by atoms with Crippen LogP contribution in [0.3, 0.4) is 0 Å². The zero-order chi connectivity index (χ0) is 14.8. The molecule has 0 aliphatic heterocycles. The topological polar surface area (TPSA) is 54.7 Å². The van der Waals surface area contributed by atoms with Gasteiger partial charge in [0.2, 0.25) is 0 Å². The van der Waals surface area contributed by atoms with E-state index in [0.717, 1.165) is 18.9 Å². The Hall–Kier alpha value is -1.82. The molecule has 20 heavy (non-hydrogen) atoms. The average molecular weight is 283 g/mol. The standard InChI is InChI=1S/C14H16F3N3/c1-2-5-11(18)13-19-8-12(20-13)9-6-3-4-7-10(9)14(15,16)17/h3-4,6-8,11H,2,5,18H2,1H3,(H,19,20). The molecular weight excluding hydrogens is 267 g/mol. The molecule has 2 rings (SSSR count). The van der Waals surface area contributed by atoms with Crippen molar-refractivity contribution in [1.82, 2.24) is 9.97 Å². The molecule has 3 N–H and O–H groups in total. The SMILES string of the molecule is CCCC(N)c1ncc(-c2ccccc2C(F)(F)F)[nH]1. The van der Waals surface area contributed by atoms with Crippen molar-refractivity contribution in [3.05, 3.63) is 41.9 Å². The summed E-state index contributed by atoms with van der Waals surface area (Å²) in [5, 5.41) is 0. The second-order valence-electron chi connectivity index (χ2n) is 4.62. The summed E-state index contributed by atoms with van der Waals surface area (Å²) in [6.07, 6.45) is -1.38. The third-order valence-electron chi connectivity index (χ3n) is 3.07. The molecule has 1 unspecified atom stereocenters. The van der Waals surface area contributed by atoms with Gasteiger partial charge >= 0.3 is 6.18 Å². The summed E-state index contributed by atoms with van der Waals surface area (Å²) in [5.41, 5.74) is 5.64. The molecule has 0 aliphatic carbocycles. The lowest BCUT2D eigenvalue weighted by molar-refractivity contribution is -0.137. The number of hydrogen-bond acceptors (Lipinski definition) is 2. The van der Waals surface area contributed by atoms with Crippen molar-refractivity contribution in [2.75, 3.05) is 0 Å². The van der Waals surface area contributed by atoms with Crippen LogP contribution in [0.1, 0.15) is 37.2 Å². The van der Waals surface area contributed by atoms with E-state index in [4.69, 9.17) is 5.73 Å². The quantitative estimate of drug-likeness (QED) is 0.894. The van der Waals surface area contributed by atoms with E-state index >= 15 is 0 Å². The maximum absolute atomic E-state index is 13.0. The van der Waals surface area contributed by atoms with Crippen LogP contribution >= 0.6 is 0 Å². The minimum Gasteiger partial charge on any atom is -0.341 e. The second-order valence-corrected chi connectivity index (χ2v) is 4.62. The van der Waals surface area contributed by atoms with Gasteiger partial charge < -0.3 is 10.7 Å². The van der Waals surface area contributed by atoms with E-state index in [-0.39, 0.29) is 11.6 Å². The van der Waals surface area contributed by atoms with E-state index < -0.39 is 11.7 Å². The van der Waals surface area contributed by atoms with Crippen molar-refractivity contribution in [1.29, 1.82) is 0 Å². The molecule has 0 saturated heterocycles. The largest absolute Gasteiger partial charge is 0.417 e. The number of hydrogen-bond donors (Lipinski definition) is 2. The fourth-order valence-electron chi connectivity index (χ4n) is 2.07. The van der Waals surface area contributed by atoms with Crippen molar-refractivity contribution in [3.63, 3.8) is 0 Å². The van der Waals surface area contributed by atoms with Gasteiger partial charge in [-0.2, -0.15) is 13.2 Å². The molecule has 0 spiro atoms. The number of halogens is 3. The first kappa shape index (κ1) is 14.6. The lowest BCUT2D eigenvalue weighted by Crippen LogP contribution is -2.11. The molecule has 0 amide bonds. The molecule has 0 saturated carbocycles. The van der Waals surface area contributed by atoms with Gasteiger partial charge in [-0.1, -0.05) is 31.5 Å². The monoisotopic (exact) mass is 283 g/mol. The molecule has 1 aromatic carbocycles. The molecule has 0 radical (unpaired) electrons. The molecule has 0 bridgehead atoms. The van der Waals surface area contributed by atoms with Gasteiger partial charge in [0, 0.05) is 5.56 Å². The van der Waals surface area contributed by atoms with Crippen LogP contribution in [0.5, 0.6) is 0 Å². The zero-order valence-electron chi connectivity index (χ0n) is 11.0. The highest BCUT2D eigenvalue weighted by molar-refractivity contribution is 5.64. The number of rotatable bonds is 4. The molecule has 1 heterocycles. The second kappa shape index (κ2) is 5.66. The van der Waals surface area contributed by atoms with Crippen molar-refractivity contribution in [2.45, 2.75) is 32.0 Å². The molecular formula is C14H16F3N3. The van der Waals surface area contributed by atoms with Crippen molar-refractivity contribution in [3.8, 4) is 11.3 Å². The third-order valence-corrected chi connectivity index (χ3v) is 3.07. The van der Waals surface area contributed by atoms with E-state index in [9.17, 15) is 13.2 Å². The minimum atomic E-state index is -4.40. The van der Waals surface area contributed by atoms with Crippen molar-refractivity contribution >= 4 is 0 Å². The number of nitrogens with one attached hydrogen (secondary N) is 1. The first-order valence-electron chi connectivity index (χ1n) is 6.40. The zero-order valence-corrected chi connectivity index (χ0v) is 11.0. The molecule has 108 valence electrons. The number of aromatic amines is 1. The Kier molecular flexibility index (Phi) is 4.13. The highest BCUT2D eigenvalue weighted by atomic mass is 19.4. The minimum absolute atomic E-state index is 0.0856. The molecule has 1 atom stereocenters. The lowest BCUT2D eigenvalue weighted by Gasteiger charge is -2.11. The maximum atomic E-state index is 13.0. The van der Waals surface area contributed by atoms with E-state index in [0.29, 0.717) is 11.5 Å². The number of nitrogens with zero attached hydrogens (tertiary/aromatic N) is 1. The van der Waals surface area contributed by atoms with Crippen LogP contribution in [0.25, 0.3) is 11.3 Å².